The van der Waals surface area contributed by atoms with Crippen LogP contribution >= 0.6 is 0 Å². The molecule has 1 aliphatic carbocycles. The van der Waals surface area contributed by atoms with Gasteiger partial charge in [-0.05, 0) is 44.0 Å². The molecule has 5 nitrogen and oxygen atoms in total. The number of nitrogens with zero attached hydrogens (tertiary/aromatic N) is 2. The van der Waals surface area contributed by atoms with Crippen molar-refractivity contribution in [3.05, 3.63) is 42.1 Å². The third kappa shape index (κ3) is 2.71. The number of carbonyl (C=O) groups excluding carboxylic acids is 1. The third-order valence-corrected chi connectivity index (χ3v) is 5.94. The summed E-state index contributed by atoms with van der Waals surface area (Å²) < 4.78 is 5.80. The van der Waals surface area contributed by atoms with Gasteiger partial charge >= 0.3 is 0 Å². The fourth-order valence-corrected chi connectivity index (χ4v) is 4.33. The number of ether oxygens (including phenoxy) is 1. The predicted molar refractivity (Wildman–Crippen MR) is 95.4 cm³/mol. The molecule has 132 valence electrons. The number of hydrogen-bond donors (Lipinski definition) is 1. The van der Waals surface area contributed by atoms with E-state index in [-0.39, 0.29) is 23.5 Å². The van der Waals surface area contributed by atoms with Gasteiger partial charge in [0.2, 0.25) is 0 Å². The number of hydrogen-bond acceptors (Lipinski definition) is 4. The van der Waals surface area contributed by atoms with Crippen molar-refractivity contribution in [2.75, 3.05) is 19.7 Å². The summed E-state index contributed by atoms with van der Waals surface area (Å²) in [5.74, 6) is 0.0578. The molecule has 2 aromatic rings. The number of fused-ring (bicyclic) bond motifs is 1. The minimum atomic E-state index is -0.298. The molecule has 2 unspecified atom stereocenters. The largest absolute Gasteiger partial charge is 0.392 e. The second kappa shape index (κ2) is 6.39. The monoisotopic (exact) mass is 340 g/mol. The van der Waals surface area contributed by atoms with Crippen molar-refractivity contribution in [1.82, 2.24) is 9.88 Å². The highest BCUT2D eigenvalue weighted by Crippen LogP contribution is 2.51. The van der Waals surface area contributed by atoms with Crippen molar-refractivity contribution in [2.24, 2.45) is 5.41 Å². The number of likely N-dealkylation sites (tertiary alicyclic amines) is 1. The summed E-state index contributed by atoms with van der Waals surface area (Å²) >= 11 is 0. The maximum absolute atomic E-state index is 12.9. The van der Waals surface area contributed by atoms with Crippen molar-refractivity contribution >= 4 is 16.8 Å². The van der Waals surface area contributed by atoms with Crippen LogP contribution in [0.25, 0.3) is 10.9 Å². The zero-order valence-electron chi connectivity index (χ0n) is 14.5. The van der Waals surface area contributed by atoms with E-state index in [4.69, 9.17) is 4.74 Å². The molecule has 2 aliphatic rings. The predicted octanol–water partition coefficient (Wildman–Crippen LogP) is 2.63. The number of benzene rings is 1. The van der Waals surface area contributed by atoms with Crippen LogP contribution in [0.1, 0.15) is 36.5 Å². The maximum atomic E-state index is 12.9. The molecule has 25 heavy (non-hydrogen) atoms. The smallest absolute Gasteiger partial charge is 0.253 e. The van der Waals surface area contributed by atoms with Gasteiger partial charge in [0, 0.05) is 48.7 Å². The molecule has 0 radical (unpaired) electrons. The van der Waals surface area contributed by atoms with Gasteiger partial charge in [-0.15, -0.1) is 0 Å². The molecule has 1 saturated carbocycles. The number of aliphatic hydroxyl groups excluding tert-OH is 1. The number of pyridine rings is 1. The van der Waals surface area contributed by atoms with Crippen LogP contribution < -0.4 is 0 Å². The molecule has 1 aliphatic heterocycles. The Balaban J connectivity index is 1.47. The van der Waals surface area contributed by atoms with Crippen LogP contribution in [0.2, 0.25) is 0 Å². The molecule has 1 amide bonds. The van der Waals surface area contributed by atoms with E-state index >= 15 is 0 Å². The Morgan fingerprint density at radius 1 is 1.36 bits per heavy atom. The second-order valence-electron chi connectivity index (χ2n) is 7.13. The van der Waals surface area contributed by atoms with Crippen LogP contribution in [0.15, 0.2) is 36.5 Å². The molecule has 1 saturated heterocycles. The summed E-state index contributed by atoms with van der Waals surface area (Å²) in [5, 5.41) is 11.3. The number of aliphatic hydroxyl groups is 1. The van der Waals surface area contributed by atoms with Gasteiger partial charge in [0.05, 0.1) is 17.7 Å². The van der Waals surface area contributed by atoms with Crippen molar-refractivity contribution in [1.29, 1.82) is 0 Å². The molecule has 2 fully saturated rings. The topological polar surface area (TPSA) is 62.7 Å². The summed E-state index contributed by atoms with van der Waals surface area (Å²) in [4.78, 5) is 19.1. The lowest BCUT2D eigenvalue weighted by atomic mass is 9.58. The van der Waals surface area contributed by atoms with Gasteiger partial charge in [0.25, 0.3) is 5.91 Å². The molecule has 1 N–H and O–H groups in total. The second-order valence-corrected chi connectivity index (χ2v) is 7.13. The summed E-state index contributed by atoms with van der Waals surface area (Å²) in [6.07, 6.45) is 3.93. The average molecular weight is 340 g/mol. The zero-order valence-corrected chi connectivity index (χ0v) is 14.5. The SMILES string of the molecule is CCOC1CC(O)C12CCN(C(=O)c1ccc3ncccc3c1)CC2. The first-order valence-corrected chi connectivity index (χ1v) is 9.08. The van der Waals surface area contributed by atoms with E-state index in [1.807, 2.05) is 42.2 Å². The first-order chi connectivity index (χ1) is 12.1. The van der Waals surface area contributed by atoms with Crippen LogP contribution in [-0.4, -0.2) is 52.8 Å². The Morgan fingerprint density at radius 3 is 2.88 bits per heavy atom. The van der Waals surface area contributed by atoms with Gasteiger partial charge in [-0.1, -0.05) is 6.07 Å². The maximum Gasteiger partial charge on any atom is 0.253 e. The molecule has 1 aromatic carbocycles. The van der Waals surface area contributed by atoms with Gasteiger partial charge in [0.1, 0.15) is 0 Å². The van der Waals surface area contributed by atoms with Gasteiger partial charge in [-0.2, -0.15) is 0 Å². The van der Waals surface area contributed by atoms with E-state index in [0.29, 0.717) is 25.3 Å². The van der Waals surface area contributed by atoms with Crippen LogP contribution in [0.4, 0.5) is 0 Å². The first-order valence-electron chi connectivity index (χ1n) is 9.08. The number of aromatic nitrogens is 1. The number of carbonyl (C=O) groups is 1. The summed E-state index contributed by atoms with van der Waals surface area (Å²) in [6.45, 7) is 4.01. The van der Waals surface area contributed by atoms with Crippen molar-refractivity contribution in [2.45, 2.75) is 38.4 Å². The normalized spacial score (nSPS) is 25.1. The molecule has 1 spiro atoms. The van der Waals surface area contributed by atoms with Crippen molar-refractivity contribution in [3.8, 4) is 0 Å². The number of rotatable bonds is 3. The van der Waals surface area contributed by atoms with Crippen molar-refractivity contribution in [3.63, 3.8) is 0 Å². The zero-order chi connectivity index (χ0) is 17.4. The van der Waals surface area contributed by atoms with Crippen LogP contribution in [0.5, 0.6) is 0 Å². The standard InChI is InChI=1S/C20H24N2O3/c1-2-25-18-13-17(23)20(18)7-10-22(11-8-20)19(24)15-5-6-16-14(12-15)4-3-9-21-16/h3-6,9,12,17-18,23H,2,7-8,10-11,13H2,1H3. The Kier molecular flexibility index (Phi) is 4.21. The first kappa shape index (κ1) is 16.5. The third-order valence-electron chi connectivity index (χ3n) is 5.94. The minimum Gasteiger partial charge on any atom is -0.392 e. The van der Waals surface area contributed by atoms with Gasteiger partial charge in [-0.3, -0.25) is 9.78 Å². The Bertz CT molecular complexity index is 781. The van der Waals surface area contributed by atoms with Gasteiger partial charge in [-0.25, -0.2) is 0 Å². The van der Waals surface area contributed by atoms with E-state index in [9.17, 15) is 9.90 Å². The molecule has 2 heterocycles. The van der Waals surface area contributed by atoms with Crippen molar-refractivity contribution < 1.29 is 14.6 Å². The van der Waals surface area contributed by atoms with Gasteiger partial charge in [0.15, 0.2) is 0 Å². The lowest BCUT2D eigenvalue weighted by molar-refractivity contribution is -0.207. The summed E-state index contributed by atoms with van der Waals surface area (Å²) in [5.41, 5.74) is 1.45. The number of piperidine rings is 1. The lowest BCUT2D eigenvalue weighted by Crippen LogP contribution is -2.62. The Labute approximate surface area is 147 Å². The molecule has 5 heteroatoms. The van der Waals surface area contributed by atoms with E-state index in [0.717, 1.165) is 30.2 Å². The van der Waals surface area contributed by atoms with E-state index < -0.39 is 0 Å². The molecular weight excluding hydrogens is 316 g/mol. The Hall–Kier alpha value is -1.98. The molecule has 4 rings (SSSR count). The van der Waals surface area contributed by atoms with E-state index in [1.165, 1.54) is 0 Å². The fourth-order valence-electron chi connectivity index (χ4n) is 4.33. The van der Waals surface area contributed by atoms with Crippen LogP contribution in [-0.2, 0) is 4.74 Å². The summed E-state index contributed by atoms with van der Waals surface area (Å²) in [6, 6.07) is 9.52. The van der Waals surface area contributed by atoms with E-state index in [2.05, 4.69) is 4.98 Å². The molecule has 1 aromatic heterocycles. The summed E-state index contributed by atoms with van der Waals surface area (Å²) in [7, 11) is 0. The van der Waals surface area contributed by atoms with Gasteiger partial charge < -0.3 is 14.7 Å². The minimum absolute atomic E-state index is 0.0578. The quantitative estimate of drug-likeness (QED) is 0.933. The molecular formula is C20H24N2O3. The lowest BCUT2D eigenvalue weighted by Gasteiger charge is -2.56. The number of amides is 1. The van der Waals surface area contributed by atoms with Crippen LogP contribution in [0, 0.1) is 5.41 Å². The Morgan fingerprint density at radius 2 is 2.16 bits per heavy atom. The molecule has 0 bridgehead atoms. The van der Waals surface area contributed by atoms with Crippen LogP contribution in [0.3, 0.4) is 0 Å². The molecule has 2 atom stereocenters. The fraction of sp³-hybridized carbons (Fsp3) is 0.500. The highest BCUT2D eigenvalue weighted by molar-refractivity contribution is 5.98. The highest BCUT2D eigenvalue weighted by Gasteiger charge is 2.56. The van der Waals surface area contributed by atoms with E-state index in [1.54, 1.807) is 6.20 Å². The highest BCUT2D eigenvalue weighted by atomic mass is 16.5. The average Bonchev–Trinajstić information content (AvgIpc) is 2.67.